The second-order valence-corrected chi connectivity index (χ2v) is 8.05. The van der Waals surface area contributed by atoms with Crippen LogP contribution >= 0.6 is 0 Å². The summed E-state index contributed by atoms with van der Waals surface area (Å²) in [5.74, 6) is -0.314. The summed E-state index contributed by atoms with van der Waals surface area (Å²) in [5.41, 5.74) is 6.51. The molecule has 0 spiro atoms. The molecule has 0 bridgehead atoms. The zero-order valence-electron chi connectivity index (χ0n) is 21.6. The zero-order chi connectivity index (χ0) is 25.1. The van der Waals surface area contributed by atoms with E-state index in [1.165, 1.54) is 23.8 Å². The molecule has 0 saturated heterocycles. The molecule has 0 atom stereocenters. The van der Waals surface area contributed by atoms with Gasteiger partial charge in [-0.15, -0.1) is 0 Å². The maximum Gasteiger partial charge on any atom is 0.333 e. The summed E-state index contributed by atoms with van der Waals surface area (Å²) in [6.45, 7) is 14.2. The van der Waals surface area contributed by atoms with Gasteiger partial charge in [-0.1, -0.05) is 125 Å². The number of hydrogen-bond donors (Lipinski definition) is 0. The Morgan fingerprint density at radius 1 is 0.485 bits per heavy atom. The van der Waals surface area contributed by atoms with Gasteiger partial charge in [0.05, 0.1) is 7.11 Å². The van der Waals surface area contributed by atoms with Crippen molar-refractivity contribution in [2.45, 2.75) is 48.5 Å². The fourth-order valence-electron chi connectivity index (χ4n) is 2.31. The number of rotatable bonds is 11. The first-order valence-electron chi connectivity index (χ1n) is 11.1. The summed E-state index contributed by atoms with van der Waals surface area (Å²) >= 11 is 0. The van der Waals surface area contributed by atoms with Gasteiger partial charge in [-0.2, -0.15) is 0 Å². The van der Waals surface area contributed by atoms with Gasteiger partial charge in [-0.05, 0) is 48.5 Å². The van der Waals surface area contributed by atoms with E-state index < -0.39 is 0 Å². The minimum absolute atomic E-state index is 0.314. The maximum atomic E-state index is 11.3. The van der Waals surface area contributed by atoms with Gasteiger partial charge in [-0.25, -0.2) is 4.79 Å². The first kappa shape index (κ1) is 29.6. The van der Waals surface area contributed by atoms with E-state index in [4.69, 9.17) is 0 Å². The Kier molecular flexibility index (Phi) is 16.3. The zero-order valence-corrected chi connectivity index (χ0v) is 21.6. The molecule has 0 saturated carbocycles. The number of ether oxygens (including phenoxy) is 1. The van der Waals surface area contributed by atoms with Crippen molar-refractivity contribution in [1.29, 1.82) is 0 Å². The SMILES string of the molecule is COC(=O)/C(C)=C/C=C/C(C)=C/C=C/C(C)=C/C=C/C=C(C)/C=C/C=C(C)/C=C/C=C(C)C. The van der Waals surface area contributed by atoms with Crippen molar-refractivity contribution in [3.63, 3.8) is 0 Å². The molecule has 2 nitrogen and oxygen atoms in total. The molecule has 0 aliphatic heterocycles. The Hall–Kier alpha value is -3.39. The summed E-state index contributed by atoms with van der Waals surface area (Å²) in [6.07, 6.45) is 32.4. The Labute approximate surface area is 201 Å². The first-order chi connectivity index (χ1) is 15.6. The van der Waals surface area contributed by atoms with Crippen LogP contribution in [0.4, 0.5) is 0 Å². The lowest BCUT2D eigenvalue weighted by molar-refractivity contribution is -0.136. The molecule has 0 amide bonds. The van der Waals surface area contributed by atoms with Crippen LogP contribution in [0.25, 0.3) is 0 Å². The number of carbonyl (C=O) groups excluding carboxylic acids is 1. The minimum Gasteiger partial charge on any atom is -0.466 e. The predicted octanol–water partition coefficient (Wildman–Crippen LogP) is 8.64. The van der Waals surface area contributed by atoms with Gasteiger partial charge in [0, 0.05) is 5.57 Å². The second-order valence-electron chi connectivity index (χ2n) is 8.05. The molecule has 0 aromatic carbocycles. The summed E-state index contributed by atoms with van der Waals surface area (Å²) in [7, 11) is 1.38. The van der Waals surface area contributed by atoms with E-state index in [0.717, 1.165) is 11.1 Å². The standard InChI is InChI=1S/C31H40O2/c1-25(2)15-11-18-28(5)21-12-19-26(3)16-9-10-17-27(4)20-13-22-29(6)23-14-24-30(7)31(32)33-8/h9-24H,1-8H3/b10-9+,18-11+,19-12+,20-13+,23-14+,26-16+,27-17+,28-21+,29-22+,30-24+. The second kappa shape index (κ2) is 18.2. The van der Waals surface area contributed by atoms with E-state index >= 15 is 0 Å². The maximum absolute atomic E-state index is 11.3. The van der Waals surface area contributed by atoms with Gasteiger partial charge in [0.15, 0.2) is 0 Å². The van der Waals surface area contributed by atoms with Gasteiger partial charge in [-0.3, -0.25) is 0 Å². The van der Waals surface area contributed by atoms with Crippen LogP contribution in [0, 0.1) is 0 Å². The topological polar surface area (TPSA) is 26.3 Å². The van der Waals surface area contributed by atoms with Crippen LogP contribution in [-0.2, 0) is 9.53 Å². The molecule has 0 heterocycles. The monoisotopic (exact) mass is 444 g/mol. The molecule has 0 aromatic heterocycles. The Balaban J connectivity index is 4.75. The van der Waals surface area contributed by atoms with E-state index in [1.807, 2.05) is 43.4 Å². The largest absolute Gasteiger partial charge is 0.466 e. The van der Waals surface area contributed by atoms with Crippen LogP contribution in [0.1, 0.15) is 48.5 Å². The van der Waals surface area contributed by atoms with Crippen molar-refractivity contribution in [2.75, 3.05) is 7.11 Å². The number of carbonyl (C=O) groups is 1. The molecule has 0 aromatic rings. The van der Waals surface area contributed by atoms with Gasteiger partial charge in [0.25, 0.3) is 0 Å². The fourth-order valence-corrected chi connectivity index (χ4v) is 2.31. The van der Waals surface area contributed by atoms with E-state index in [9.17, 15) is 4.79 Å². The smallest absolute Gasteiger partial charge is 0.333 e. The average Bonchev–Trinajstić information content (AvgIpc) is 2.75. The van der Waals surface area contributed by atoms with Crippen molar-refractivity contribution in [3.8, 4) is 0 Å². The Morgan fingerprint density at radius 3 is 1.18 bits per heavy atom. The molecule has 0 aliphatic carbocycles. The van der Waals surface area contributed by atoms with E-state index in [1.54, 1.807) is 13.0 Å². The van der Waals surface area contributed by atoms with E-state index in [2.05, 4.69) is 94.0 Å². The summed E-state index contributed by atoms with van der Waals surface area (Å²) < 4.78 is 4.67. The highest BCUT2D eigenvalue weighted by molar-refractivity contribution is 5.87. The molecule has 0 rings (SSSR count). The Morgan fingerprint density at radius 2 is 0.818 bits per heavy atom. The van der Waals surface area contributed by atoms with Gasteiger partial charge < -0.3 is 4.74 Å². The molecule has 0 unspecified atom stereocenters. The fraction of sp³-hybridized carbons (Fsp3) is 0.258. The van der Waals surface area contributed by atoms with Gasteiger partial charge in [0.2, 0.25) is 0 Å². The lowest BCUT2D eigenvalue weighted by Gasteiger charge is -1.95. The lowest BCUT2D eigenvalue weighted by atomic mass is 10.2. The van der Waals surface area contributed by atoms with Crippen molar-refractivity contribution in [2.24, 2.45) is 0 Å². The minimum atomic E-state index is -0.314. The van der Waals surface area contributed by atoms with E-state index in [0.29, 0.717) is 5.57 Å². The highest BCUT2D eigenvalue weighted by Crippen LogP contribution is 2.03. The third-order valence-corrected chi connectivity index (χ3v) is 4.27. The quantitative estimate of drug-likeness (QED) is 0.181. The summed E-state index contributed by atoms with van der Waals surface area (Å²) in [4.78, 5) is 11.3. The molecular weight excluding hydrogens is 404 g/mol. The molecule has 0 aliphatic rings. The highest BCUT2D eigenvalue weighted by atomic mass is 16.5. The van der Waals surface area contributed by atoms with Crippen LogP contribution in [0.15, 0.2) is 131 Å². The molecule has 0 radical (unpaired) electrons. The lowest BCUT2D eigenvalue weighted by Crippen LogP contribution is -2.00. The van der Waals surface area contributed by atoms with Crippen LogP contribution in [0.5, 0.6) is 0 Å². The number of hydrogen-bond acceptors (Lipinski definition) is 2. The molecular formula is C31H40O2. The normalized spacial score (nSPS) is 15.1. The van der Waals surface area contributed by atoms with Gasteiger partial charge >= 0.3 is 5.97 Å². The van der Waals surface area contributed by atoms with Crippen LogP contribution in [0.2, 0.25) is 0 Å². The third kappa shape index (κ3) is 17.9. The summed E-state index contributed by atoms with van der Waals surface area (Å²) in [5, 5.41) is 0. The number of allylic oxidation sites excluding steroid dienone is 21. The molecule has 0 fully saturated rings. The third-order valence-electron chi connectivity index (χ3n) is 4.27. The number of methoxy groups -OCH3 is 1. The van der Waals surface area contributed by atoms with Crippen molar-refractivity contribution in [1.82, 2.24) is 0 Å². The van der Waals surface area contributed by atoms with Crippen molar-refractivity contribution >= 4 is 5.97 Å². The van der Waals surface area contributed by atoms with Crippen molar-refractivity contribution < 1.29 is 9.53 Å². The molecule has 33 heavy (non-hydrogen) atoms. The number of esters is 1. The van der Waals surface area contributed by atoms with Crippen LogP contribution in [0.3, 0.4) is 0 Å². The molecule has 0 N–H and O–H groups in total. The summed E-state index contributed by atoms with van der Waals surface area (Å²) in [6, 6.07) is 0. The molecule has 2 heteroatoms. The highest BCUT2D eigenvalue weighted by Gasteiger charge is 1.99. The van der Waals surface area contributed by atoms with Crippen LogP contribution < -0.4 is 0 Å². The predicted molar refractivity (Wildman–Crippen MR) is 146 cm³/mol. The van der Waals surface area contributed by atoms with Crippen LogP contribution in [-0.4, -0.2) is 13.1 Å². The molecule has 176 valence electrons. The first-order valence-corrected chi connectivity index (χ1v) is 11.1. The average molecular weight is 445 g/mol. The van der Waals surface area contributed by atoms with Gasteiger partial charge in [0.1, 0.15) is 0 Å². The Bertz CT molecular complexity index is 958. The van der Waals surface area contributed by atoms with E-state index in [-0.39, 0.29) is 5.97 Å². The van der Waals surface area contributed by atoms with Crippen molar-refractivity contribution in [3.05, 3.63) is 131 Å².